The molecular formula is C23H22N2O2. The topological polar surface area (TPSA) is 41.6 Å². The number of hydrogen-bond donors (Lipinski definition) is 1. The Hall–Kier alpha value is -3.27. The highest BCUT2D eigenvalue weighted by atomic mass is 16.5. The van der Waals surface area contributed by atoms with Crippen LogP contribution in [0.3, 0.4) is 0 Å². The van der Waals surface area contributed by atoms with Gasteiger partial charge in [-0.15, -0.1) is 0 Å². The highest BCUT2D eigenvalue weighted by Crippen LogP contribution is 2.41. The Morgan fingerprint density at radius 3 is 2.74 bits per heavy atom. The monoisotopic (exact) mass is 358 g/mol. The van der Waals surface area contributed by atoms with E-state index in [1.807, 2.05) is 80.9 Å². The van der Waals surface area contributed by atoms with Gasteiger partial charge in [0, 0.05) is 36.6 Å². The molecule has 1 heterocycles. The number of rotatable bonds is 4. The van der Waals surface area contributed by atoms with Crippen molar-refractivity contribution in [1.82, 2.24) is 5.32 Å². The van der Waals surface area contributed by atoms with E-state index >= 15 is 0 Å². The molecule has 2 aliphatic rings. The van der Waals surface area contributed by atoms with Crippen molar-refractivity contribution in [2.45, 2.75) is 12.5 Å². The molecule has 4 rings (SSSR count). The summed E-state index contributed by atoms with van der Waals surface area (Å²) in [5.41, 5.74) is 5.02. The van der Waals surface area contributed by atoms with Gasteiger partial charge in [-0.2, -0.15) is 0 Å². The third-order valence-corrected chi connectivity index (χ3v) is 4.71. The predicted molar refractivity (Wildman–Crippen MR) is 109 cm³/mol. The second kappa shape index (κ2) is 7.16. The van der Waals surface area contributed by atoms with Crippen LogP contribution in [-0.4, -0.2) is 26.1 Å². The number of allylic oxidation sites excluding steroid dienone is 3. The summed E-state index contributed by atoms with van der Waals surface area (Å²) in [7, 11) is 4.04. The lowest BCUT2D eigenvalue weighted by Crippen LogP contribution is -2.23. The van der Waals surface area contributed by atoms with Crippen molar-refractivity contribution in [1.29, 1.82) is 0 Å². The predicted octanol–water partition coefficient (Wildman–Crippen LogP) is 3.71. The van der Waals surface area contributed by atoms with Crippen molar-refractivity contribution in [2.24, 2.45) is 0 Å². The lowest BCUT2D eigenvalue weighted by Gasteiger charge is -2.13. The molecular weight excluding hydrogens is 336 g/mol. The molecule has 0 saturated carbocycles. The molecule has 0 bridgehead atoms. The summed E-state index contributed by atoms with van der Waals surface area (Å²) >= 11 is 0. The first-order valence-corrected chi connectivity index (χ1v) is 9.02. The molecule has 0 spiro atoms. The minimum absolute atomic E-state index is 0.0302. The third kappa shape index (κ3) is 3.65. The maximum absolute atomic E-state index is 12.4. The Balaban J connectivity index is 1.57. The van der Waals surface area contributed by atoms with E-state index in [4.69, 9.17) is 4.74 Å². The van der Waals surface area contributed by atoms with Gasteiger partial charge in [-0.3, -0.25) is 4.79 Å². The molecule has 1 N–H and O–H groups in total. The zero-order valence-electron chi connectivity index (χ0n) is 15.5. The number of nitrogens with zero attached hydrogens (tertiary/aromatic N) is 1. The lowest BCUT2D eigenvalue weighted by molar-refractivity contribution is -0.119. The molecule has 0 saturated heterocycles. The molecule has 4 heteroatoms. The number of benzene rings is 2. The van der Waals surface area contributed by atoms with E-state index in [2.05, 4.69) is 16.3 Å². The molecule has 136 valence electrons. The number of carbonyl (C=O) groups excluding carboxylic acids is 1. The molecule has 0 radical (unpaired) electrons. The van der Waals surface area contributed by atoms with E-state index in [9.17, 15) is 4.79 Å². The molecule has 1 aliphatic carbocycles. The van der Waals surface area contributed by atoms with Crippen LogP contribution in [0.2, 0.25) is 0 Å². The molecule has 1 aliphatic heterocycles. The SMILES string of the molecule is CN(C)c1ccc2c(c1)C1=CC(NC(=O)Cc3ccccc3)=CC=CC1O2. The Kier molecular flexibility index (Phi) is 4.55. The van der Waals surface area contributed by atoms with Crippen molar-refractivity contribution < 1.29 is 9.53 Å². The van der Waals surface area contributed by atoms with Crippen molar-refractivity contribution in [3.63, 3.8) is 0 Å². The molecule has 0 aromatic heterocycles. The number of ether oxygens (including phenoxy) is 1. The average Bonchev–Trinajstić information content (AvgIpc) is 2.86. The van der Waals surface area contributed by atoms with Crippen LogP contribution in [0.25, 0.3) is 5.57 Å². The lowest BCUT2D eigenvalue weighted by atomic mass is 10.0. The van der Waals surface area contributed by atoms with Crippen LogP contribution in [0.4, 0.5) is 5.69 Å². The maximum Gasteiger partial charge on any atom is 0.228 e. The standard InChI is InChI=1S/C23H22N2O2/c1-25(2)18-11-12-22-20(15-18)19-14-17(9-6-10-21(19)27-22)24-23(26)13-16-7-4-3-5-8-16/h3-12,14-15,21H,13H2,1-2H3,(H,24,26). The van der Waals surface area contributed by atoms with E-state index in [0.29, 0.717) is 6.42 Å². The smallest absolute Gasteiger partial charge is 0.228 e. The maximum atomic E-state index is 12.4. The fourth-order valence-electron chi connectivity index (χ4n) is 3.32. The molecule has 1 amide bonds. The number of nitrogens with one attached hydrogen (secondary N) is 1. The Bertz CT molecular complexity index is 956. The fourth-order valence-corrected chi connectivity index (χ4v) is 3.32. The summed E-state index contributed by atoms with van der Waals surface area (Å²) < 4.78 is 6.05. The summed E-state index contributed by atoms with van der Waals surface area (Å²) in [6.07, 6.45) is 8.10. The van der Waals surface area contributed by atoms with E-state index in [0.717, 1.165) is 33.8 Å². The largest absolute Gasteiger partial charge is 0.481 e. The minimum atomic E-state index is -0.128. The van der Waals surface area contributed by atoms with Crippen molar-refractivity contribution in [2.75, 3.05) is 19.0 Å². The van der Waals surface area contributed by atoms with E-state index in [-0.39, 0.29) is 12.0 Å². The Morgan fingerprint density at radius 1 is 1.15 bits per heavy atom. The fraction of sp³-hybridized carbons (Fsp3) is 0.174. The van der Waals surface area contributed by atoms with Crippen LogP contribution in [0, 0.1) is 0 Å². The second-order valence-corrected chi connectivity index (χ2v) is 6.93. The van der Waals surface area contributed by atoms with Crippen LogP contribution < -0.4 is 15.0 Å². The van der Waals surface area contributed by atoms with Gasteiger partial charge >= 0.3 is 0 Å². The van der Waals surface area contributed by atoms with Crippen LogP contribution in [0.15, 0.2) is 78.5 Å². The number of fused-ring (bicyclic) bond motifs is 3. The van der Waals surface area contributed by atoms with Crippen LogP contribution in [0.5, 0.6) is 5.75 Å². The number of anilines is 1. The number of amides is 1. The number of hydrogen-bond acceptors (Lipinski definition) is 3. The van der Waals surface area contributed by atoms with Gasteiger partial charge in [0.05, 0.1) is 6.42 Å². The van der Waals surface area contributed by atoms with E-state index in [1.54, 1.807) is 0 Å². The minimum Gasteiger partial charge on any atom is -0.481 e. The van der Waals surface area contributed by atoms with Gasteiger partial charge in [0.1, 0.15) is 11.9 Å². The van der Waals surface area contributed by atoms with Crippen molar-refractivity contribution in [3.8, 4) is 5.75 Å². The molecule has 2 aromatic carbocycles. The van der Waals surface area contributed by atoms with Gasteiger partial charge in [0.2, 0.25) is 5.91 Å². The van der Waals surface area contributed by atoms with Crippen LogP contribution >= 0.6 is 0 Å². The molecule has 1 unspecified atom stereocenters. The quantitative estimate of drug-likeness (QED) is 0.906. The van der Waals surface area contributed by atoms with Gasteiger partial charge in [-0.25, -0.2) is 0 Å². The highest BCUT2D eigenvalue weighted by molar-refractivity contribution is 5.85. The molecule has 4 nitrogen and oxygen atoms in total. The summed E-state index contributed by atoms with van der Waals surface area (Å²) in [4.78, 5) is 14.5. The Labute approximate surface area is 159 Å². The van der Waals surface area contributed by atoms with Gasteiger partial charge in [-0.05, 0) is 42.0 Å². The van der Waals surface area contributed by atoms with E-state index < -0.39 is 0 Å². The van der Waals surface area contributed by atoms with Crippen LogP contribution in [0.1, 0.15) is 11.1 Å². The normalized spacial score (nSPS) is 17.0. The number of carbonyl (C=O) groups is 1. The van der Waals surface area contributed by atoms with Gasteiger partial charge < -0.3 is 15.0 Å². The van der Waals surface area contributed by atoms with Crippen molar-refractivity contribution >= 4 is 17.2 Å². The average molecular weight is 358 g/mol. The zero-order valence-corrected chi connectivity index (χ0v) is 15.5. The van der Waals surface area contributed by atoms with Crippen LogP contribution in [-0.2, 0) is 11.2 Å². The van der Waals surface area contributed by atoms with Gasteiger partial charge in [0.25, 0.3) is 0 Å². The summed E-state index contributed by atoms with van der Waals surface area (Å²) in [6.45, 7) is 0. The third-order valence-electron chi connectivity index (χ3n) is 4.71. The second-order valence-electron chi connectivity index (χ2n) is 6.93. The summed E-state index contributed by atoms with van der Waals surface area (Å²) in [5.74, 6) is 0.843. The highest BCUT2D eigenvalue weighted by Gasteiger charge is 2.28. The zero-order chi connectivity index (χ0) is 18.8. The first-order chi connectivity index (χ1) is 13.1. The summed E-state index contributed by atoms with van der Waals surface area (Å²) in [5, 5.41) is 3.02. The molecule has 2 aromatic rings. The van der Waals surface area contributed by atoms with Crippen molar-refractivity contribution in [3.05, 3.63) is 89.7 Å². The summed E-state index contributed by atoms with van der Waals surface area (Å²) in [6, 6.07) is 15.9. The first-order valence-electron chi connectivity index (χ1n) is 9.02. The van der Waals surface area contributed by atoms with E-state index in [1.165, 1.54) is 0 Å². The van der Waals surface area contributed by atoms with Gasteiger partial charge in [0.15, 0.2) is 0 Å². The first kappa shape index (κ1) is 17.2. The molecule has 1 atom stereocenters. The molecule has 0 fully saturated rings. The Morgan fingerprint density at radius 2 is 1.96 bits per heavy atom. The molecule has 27 heavy (non-hydrogen) atoms. The van der Waals surface area contributed by atoms with Gasteiger partial charge in [-0.1, -0.05) is 36.4 Å².